The minimum atomic E-state index is -0.0747. The Balaban J connectivity index is 2.65. The zero-order chi connectivity index (χ0) is 16.0. The van der Waals surface area contributed by atoms with Crippen molar-refractivity contribution in [3.8, 4) is 5.75 Å². The number of amides is 1. The molecule has 0 saturated carbocycles. The standard InChI is InChI=1S/C17H28N2O2/c1-11(2)14(5)19-16(20)10-21-17-12(3)7-15(9-18-6)8-13(17)4/h7-8,11,14,18H,9-10H2,1-6H3,(H,19,20). The second-order valence-electron chi connectivity index (χ2n) is 5.98. The molecule has 21 heavy (non-hydrogen) atoms. The predicted molar refractivity (Wildman–Crippen MR) is 86.6 cm³/mol. The van der Waals surface area contributed by atoms with E-state index in [1.165, 1.54) is 5.56 Å². The van der Waals surface area contributed by atoms with E-state index in [1.54, 1.807) is 0 Å². The van der Waals surface area contributed by atoms with Crippen molar-refractivity contribution in [2.45, 2.75) is 47.2 Å². The molecule has 1 aromatic carbocycles. The van der Waals surface area contributed by atoms with Crippen LogP contribution in [0.25, 0.3) is 0 Å². The van der Waals surface area contributed by atoms with E-state index >= 15 is 0 Å². The first kappa shape index (κ1) is 17.5. The van der Waals surface area contributed by atoms with Crippen molar-refractivity contribution in [3.63, 3.8) is 0 Å². The number of carbonyl (C=O) groups excluding carboxylic acids is 1. The fourth-order valence-corrected chi connectivity index (χ4v) is 2.17. The molecule has 0 fully saturated rings. The van der Waals surface area contributed by atoms with Gasteiger partial charge in [0.05, 0.1) is 0 Å². The van der Waals surface area contributed by atoms with Crippen LogP contribution in [0, 0.1) is 19.8 Å². The molecule has 0 bridgehead atoms. The first-order valence-electron chi connectivity index (χ1n) is 7.52. The molecular weight excluding hydrogens is 264 g/mol. The Hall–Kier alpha value is -1.55. The summed E-state index contributed by atoms with van der Waals surface area (Å²) in [5.41, 5.74) is 3.34. The van der Waals surface area contributed by atoms with Crippen LogP contribution in [0.15, 0.2) is 12.1 Å². The molecule has 1 aromatic rings. The molecular formula is C17H28N2O2. The van der Waals surface area contributed by atoms with Gasteiger partial charge in [0.25, 0.3) is 5.91 Å². The highest BCUT2D eigenvalue weighted by Gasteiger charge is 2.13. The van der Waals surface area contributed by atoms with E-state index < -0.39 is 0 Å². The van der Waals surface area contributed by atoms with E-state index in [2.05, 4.69) is 36.6 Å². The quantitative estimate of drug-likeness (QED) is 0.812. The summed E-state index contributed by atoms with van der Waals surface area (Å²) in [6.07, 6.45) is 0. The average Bonchev–Trinajstić information content (AvgIpc) is 2.37. The number of carbonyl (C=O) groups is 1. The lowest BCUT2D eigenvalue weighted by atomic mass is 10.1. The molecule has 1 rings (SSSR count). The van der Waals surface area contributed by atoms with E-state index in [-0.39, 0.29) is 18.6 Å². The van der Waals surface area contributed by atoms with Crippen LogP contribution in [0.5, 0.6) is 5.75 Å². The Labute approximate surface area is 128 Å². The third-order valence-electron chi connectivity index (χ3n) is 3.64. The van der Waals surface area contributed by atoms with Crippen LogP contribution in [-0.2, 0) is 11.3 Å². The molecule has 4 heteroatoms. The average molecular weight is 292 g/mol. The van der Waals surface area contributed by atoms with Crippen molar-refractivity contribution in [1.82, 2.24) is 10.6 Å². The maximum absolute atomic E-state index is 11.9. The van der Waals surface area contributed by atoms with E-state index in [4.69, 9.17) is 4.74 Å². The molecule has 2 N–H and O–H groups in total. The second-order valence-corrected chi connectivity index (χ2v) is 5.98. The molecule has 0 saturated heterocycles. The number of hydrogen-bond acceptors (Lipinski definition) is 3. The summed E-state index contributed by atoms with van der Waals surface area (Å²) in [4.78, 5) is 11.9. The minimum Gasteiger partial charge on any atom is -0.483 e. The molecule has 0 aromatic heterocycles. The van der Waals surface area contributed by atoms with E-state index in [1.807, 2.05) is 27.8 Å². The van der Waals surface area contributed by atoms with Crippen molar-refractivity contribution < 1.29 is 9.53 Å². The highest BCUT2D eigenvalue weighted by molar-refractivity contribution is 5.77. The van der Waals surface area contributed by atoms with Crippen LogP contribution in [-0.4, -0.2) is 25.6 Å². The number of rotatable bonds is 7. The summed E-state index contributed by atoms with van der Waals surface area (Å²) in [6, 6.07) is 4.34. The van der Waals surface area contributed by atoms with Gasteiger partial charge in [-0.15, -0.1) is 0 Å². The third-order valence-corrected chi connectivity index (χ3v) is 3.64. The van der Waals surface area contributed by atoms with Gasteiger partial charge in [0.15, 0.2) is 6.61 Å². The lowest BCUT2D eigenvalue weighted by molar-refractivity contribution is -0.124. The largest absolute Gasteiger partial charge is 0.483 e. The van der Waals surface area contributed by atoms with Crippen molar-refractivity contribution in [2.24, 2.45) is 5.92 Å². The summed E-state index contributed by atoms with van der Waals surface area (Å²) in [5, 5.41) is 6.08. The van der Waals surface area contributed by atoms with E-state index in [0.29, 0.717) is 5.92 Å². The van der Waals surface area contributed by atoms with Crippen LogP contribution in [0.4, 0.5) is 0 Å². The number of hydrogen-bond donors (Lipinski definition) is 2. The van der Waals surface area contributed by atoms with Gasteiger partial charge in [0.1, 0.15) is 5.75 Å². The molecule has 1 atom stereocenters. The van der Waals surface area contributed by atoms with Crippen LogP contribution in [0.1, 0.15) is 37.5 Å². The predicted octanol–water partition coefficient (Wildman–Crippen LogP) is 2.56. The maximum atomic E-state index is 11.9. The molecule has 0 spiro atoms. The Kier molecular flexibility index (Phi) is 6.69. The summed E-state index contributed by atoms with van der Waals surface area (Å²) in [5.74, 6) is 1.15. The van der Waals surface area contributed by atoms with Crippen molar-refractivity contribution in [1.29, 1.82) is 0 Å². The molecule has 0 aliphatic heterocycles. The van der Waals surface area contributed by atoms with Crippen LogP contribution in [0.3, 0.4) is 0 Å². The van der Waals surface area contributed by atoms with Gasteiger partial charge in [-0.05, 0) is 50.4 Å². The van der Waals surface area contributed by atoms with Crippen molar-refractivity contribution in [3.05, 3.63) is 28.8 Å². The number of ether oxygens (including phenoxy) is 1. The zero-order valence-corrected chi connectivity index (χ0v) is 14.0. The van der Waals surface area contributed by atoms with Crippen LogP contribution >= 0.6 is 0 Å². The molecule has 0 aliphatic carbocycles. The van der Waals surface area contributed by atoms with Gasteiger partial charge in [0, 0.05) is 12.6 Å². The monoisotopic (exact) mass is 292 g/mol. The normalized spacial score (nSPS) is 12.3. The van der Waals surface area contributed by atoms with Gasteiger partial charge in [0.2, 0.25) is 0 Å². The van der Waals surface area contributed by atoms with Gasteiger partial charge in [-0.3, -0.25) is 4.79 Å². The molecule has 1 unspecified atom stereocenters. The van der Waals surface area contributed by atoms with Crippen LogP contribution < -0.4 is 15.4 Å². The fourth-order valence-electron chi connectivity index (χ4n) is 2.17. The third kappa shape index (κ3) is 5.38. The number of benzene rings is 1. The minimum absolute atomic E-state index is 0.0596. The highest BCUT2D eigenvalue weighted by Crippen LogP contribution is 2.24. The second kappa shape index (κ2) is 8.03. The zero-order valence-electron chi connectivity index (χ0n) is 14.0. The SMILES string of the molecule is CNCc1cc(C)c(OCC(=O)NC(C)C(C)C)c(C)c1. The molecule has 0 radical (unpaired) electrons. The smallest absolute Gasteiger partial charge is 0.258 e. The van der Waals surface area contributed by atoms with Crippen molar-refractivity contribution in [2.75, 3.05) is 13.7 Å². The molecule has 0 heterocycles. The van der Waals surface area contributed by atoms with Gasteiger partial charge in [-0.25, -0.2) is 0 Å². The fraction of sp³-hybridized carbons (Fsp3) is 0.588. The first-order chi connectivity index (χ1) is 9.85. The molecule has 0 aliphatic rings. The summed E-state index contributed by atoms with van der Waals surface area (Å²) >= 11 is 0. The van der Waals surface area contributed by atoms with Crippen molar-refractivity contribution >= 4 is 5.91 Å². The number of nitrogens with one attached hydrogen (secondary N) is 2. The van der Waals surface area contributed by atoms with E-state index in [9.17, 15) is 4.79 Å². The molecule has 118 valence electrons. The molecule has 1 amide bonds. The first-order valence-corrected chi connectivity index (χ1v) is 7.52. The topological polar surface area (TPSA) is 50.4 Å². The van der Waals surface area contributed by atoms with Crippen LogP contribution in [0.2, 0.25) is 0 Å². The Morgan fingerprint density at radius 1 is 1.19 bits per heavy atom. The Bertz CT molecular complexity index is 461. The Morgan fingerprint density at radius 2 is 1.76 bits per heavy atom. The van der Waals surface area contributed by atoms with Gasteiger partial charge < -0.3 is 15.4 Å². The summed E-state index contributed by atoms with van der Waals surface area (Å²) in [7, 11) is 1.93. The number of aryl methyl sites for hydroxylation is 2. The van der Waals surface area contributed by atoms with Gasteiger partial charge in [-0.1, -0.05) is 26.0 Å². The Morgan fingerprint density at radius 3 is 2.24 bits per heavy atom. The lowest BCUT2D eigenvalue weighted by Gasteiger charge is -2.18. The summed E-state index contributed by atoms with van der Waals surface area (Å²) < 4.78 is 5.71. The molecule has 4 nitrogen and oxygen atoms in total. The maximum Gasteiger partial charge on any atom is 0.258 e. The highest BCUT2D eigenvalue weighted by atomic mass is 16.5. The summed E-state index contributed by atoms with van der Waals surface area (Å²) in [6.45, 7) is 11.1. The van der Waals surface area contributed by atoms with Gasteiger partial charge in [-0.2, -0.15) is 0 Å². The van der Waals surface area contributed by atoms with E-state index in [0.717, 1.165) is 23.4 Å². The lowest BCUT2D eigenvalue weighted by Crippen LogP contribution is -2.39. The van der Waals surface area contributed by atoms with Gasteiger partial charge >= 0.3 is 0 Å².